The number of aromatic nitrogens is 1. The first kappa shape index (κ1) is 23.3. The summed E-state index contributed by atoms with van der Waals surface area (Å²) in [6.45, 7) is 1.56. The zero-order valence-electron chi connectivity index (χ0n) is 17.1. The van der Waals surface area contributed by atoms with Gasteiger partial charge >= 0.3 is 11.9 Å². The summed E-state index contributed by atoms with van der Waals surface area (Å²) < 4.78 is 35.0. The number of benzene rings is 2. The average Bonchev–Trinajstić information content (AvgIpc) is 3.08. The summed E-state index contributed by atoms with van der Waals surface area (Å²) in [5.41, 5.74) is 0.520. The van der Waals surface area contributed by atoms with Gasteiger partial charge in [-0.1, -0.05) is 23.5 Å². The second kappa shape index (κ2) is 9.42. The van der Waals surface area contributed by atoms with E-state index in [-0.39, 0.29) is 34.0 Å². The third-order valence-electron chi connectivity index (χ3n) is 4.34. The van der Waals surface area contributed by atoms with E-state index < -0.39 is 27.9 Å². The molecule has 0 bridgehead atoms. The van der Waals surface area contributed by atoms with Crippen molar-refractivity contribution in [3.8, 4) is 0 Å². The first-order valence-corrected chi connectivity index (χ1v) is 11.6. The van der Waals surface area contributed by atoms with Gasteiger partial charge in [0, 0.05) is 0 Å². The molecule has 0 aliphatic rings. The summed E-state index contributed by atoms with van der Waals surface area (Å²) in [5.74, 6) is -1.99. The topological polar surface area (TPSA) is 147 Å². The van der Waals surface area contributed by atoms with Crippen LogP contribution in [0.4, 0.5) is 0 Å². The van der Waals surface area contributed by atoms with Crippen LogP contribution in [0.15, 0.2) is 52.4 Å². The van der Waals surface area contributed by atoms with Crippen LogP contribution >= 0.6 is 11.3 Å². The molecule has 2 aromatic carbocycles. The lowest BCUT2D eigenvalue weighted by Crippen LogP contribution is -2.23. The van der Waals surface area contributed by atoms with Gasteiger partial charge in [0.25, 0.3) is 5.91 Å². The Kier molecular flexibility index (Phi) is 6.87. The zero-order valence-corrected chi connectivity index (χ0v) is 18.7. The number of ether oxygens (including phenoxy) is 2. The Labute approximate surface area is 187 Å². The third-order valence-corrected chi connectivity index (χ3v) is 6.29. The molecule has 0 spiro atoms. The molecule has 0 radical (unpaired) electrons. The molecule has 0 saturated heterocycles. The molecule has 0 atom stereocenters. The zero-order chi connectivity index (χ0) is 23.5. The Morgan fingerprint density at radius 2 is 1.81 bits per heavy atom. The first-order chi connectivity index (χ1) is 15.2. The van der Waals surface area contributed by atoms with Crippen LogP contribution in [0.5, 0.6) is 0 Å². The predicted molar refractivity (Wildman–Crippen MR) is 115 cm³/mol. The number of methoxy groups -OCH3 is 1. The summed E-state index contributed by atoms with van der Waals surface area (Å²) in [6, 6.07) is 10.1. The fourth-order valence-corrected chi connectivity index (χ4v) is 4.59. The molecule has 2 N–H and O–H groups in total. The van der Waals surface area contributed by atoms with Crippen molar-refractivity contribution in [2.75, 3.05) is 13.7 Å². The number of sulfonamides is 1. The molecule has 3 rings (SSSR count). The molecule has 0 unspecified atom stereocenters. The Morgan fingerprint density at radius 1 is 1.12 bits per heavy atom. The van der Waals surface area contributed by atoms with Crippen molar-refractivity contribution in [3.05, 3.63) is 58.4 Å². The molecule has 32 heavy (non-hydrogen) atoms. The fourth-order valence-electron chi connectivity index (χ4n) is 2.91. The summed E-state index contributed by atoms with van der Waals surface area (Å²) in [5, 5.41) is 5.20. The lowest BCUT2D eigenvalue weighted by Gasteiger charge is -2.06. The van der Waals surface area contributed by atoms with Crippen LogP contribution in [0.25, 0.3) is 10.2 Å². The summed E-state index contributed by atoms with van der Waals surface area (Å²) in [4.78, 5) is 41.1. The molecular formula is C20H19N3O7S2. The molecule has 10 nitrogen and oxygen atoms in total. The second-order valence-electron chi connectivity index (χ2n) is 6.40. The minimum atomic E-state index is -3.96. The minimum Gasteiger partial charge on any atom is -0.465 e. The maximum atomic E-state index is 12.9. The molecule has 0 aliphatic heterocycles. The standard InChI is InChI=1S/C20H19N3O7S2/c1-3-30-17(24)11-23-15-9-8-12(32(21,27)28)10-16(15)31-20(23)22-18(25)13-6-4-5-7-14(13)19(26)29-2/h4-10H,3,11H2,1-2H3,(H2,21,27,28). The minimum absolute atomic E-state index is 0.0183. The molecule has 12 heteroatoms. The van der Waals surface area contributed by atoms with Gasteiger partial charge < -0.3 is 14.0 Å². The molecule has 1 heterocycles. The Bertz CT molecular complexity index is 1390. The number of nitrogens with zero attached hydrogens (tertiary/aromatic N) is 2. The SMILES string of the molecule is CCOC(=O)Cn1c(=NC(=O)c2ccccc2C(=O)OC)sc2cc(S(N)(=O)=O)ccc21. The highest BCUT2D eigenvalue weighted by Crippen LogP contribution is 2.22. The maximum Gasteiger partial charge on any atom is 0.338 e. The molecular weight excluding hydrogens is 458 g/mol. The van der Waals surface area contributed by atoms with Crippen LogP contribution in [-0.4, -0.2) is 44.5 Å². The quantitative estimate of drug-likeness (QED) is 0.528. The lowest BCUT2D eigenvalue weighted by molar-refractivity contribution is -0.143. The molecule has 0 saturated carbocycles. The largest absolute Gasteiger partial charge is 0.465 e. The number of rotatable bonds is 6. The van der Waals surface area contributed by atoms with Crippen molar-refractivity contribution in [1.82, 2.24) is 4.57 Å². The van der Waals surface area contributed by atoms with Gasteiger partial charge in [-0.25, -0.2) is 18.4 Å². The number of hydrogen-bond donors (Lipinski definition) is 1. The van der Waals surface area contributed by atoms with E-state index in [1.165, 1.54) is 42.0 Å². The van der Waals surface area contributed by atoms with Crippen molar-refractivity contribution < 1.29 is 32.3 Å². The first-order valence-electron chi connectivity index (χ1n) is 9.24. The molecule has 3 aromatic rings. The normalized spacial score (nSPS) is 12.0. The Morgan fingerprint density at radius 3 is 2.44 bits per heavy atom. The molecule has 0 fully saturated rings. The van der Waals surface area contributed by atoms with Crippen molar-refractivity contribution in [2.24, 2.45) is 10.1 Å². The monoisotopic (exact) mass is 477 g/mol. The van der Waals surface area contributed by atoms with Crippen molar-refractivity contribution in [2.45, 2.75) is 18.4 Å². The van der Waals surface area contributed by atoms with E-state index in [1.54, 1.807) is 19.1 Å². The van der Waals surface area contributed by atoms with Crippen LogP contribution in [0.1, 0.15) is 27.6 Å². The smallest absolute Gasteiger partial charge is 0.338 e. The molecule has 0 aliphatic carbocycles. The number of primary sulfonamides is 1. The summed E-state index contributed by atoms with van der Waals surface area (Å²) in [7, 11) is -2.76. The Hall–Kier alpha value is -3.35. The van der Waals surface area contributed by atoms with E-state index >= 15 is 0 Å². The number of carbonyl (C=O) groups excluding carboxylic acids is 3. The van der Waals surface area contributed by atoms with Crippen LogP contribution < -0.4 is 9.94 Å². The van der Waals surface area contributed by atoms with Gasteiger partial charge in [0.1, 0.15) is 6.54 Å². The lowest BCUT2D eigenvalue weighted by atomic mass is 10.1. The highest BCUT2D eigenvalue weighted by atomic mass is 32.2. The number of hydrogen-bond acceptors (Lipinski definition) is 8. The van der Waals surface area contributed by atoms with Gasteiger partial charge in [-0.3, -0.25) is 9.59 Å². The summed E-state index contributed by atoms with van der Waals surface area (Å²) >= 11 is 0.989. The van der Waals surface area contributed by atoms with E-state index in [9.17, 15) is 22.8 Å². The number of amides is 1. The van der Waals surface area contributed by atoms with E-state index in [0.717, 1.165) is 11.3 Å². The van der Waals surface area contributed by atoms with Crippen LogP contribution in [0.3, 0.4) is 0 Å². The molecule has 1 amide bonds. The number of thiazole rings is 1. The van der Waals surface area contributed by atoms with Gasteiger partial charge in [0.05, 0.1) is 40.0 Å². The average molecular weight is 478 g/mol. The van der Waals surface area contributed by atoms with E-state index in [4.69, 9.17) is 14.6 Å². The number of esters is 2. The van der Waals surface area contributed by atoms with E-state index in [2.05, 4.69) is 4.99 Å². The van der Waals surface area contributed by atoms with Crippen LogP contribution in [0.2, 0.25) is 0 Å². The number of fused-ring (bicyclic) bond motifs is 1. The molecule has 168 valence electrons. The predicted octanol–water partition coefficient (Wildman–Crippen LogP) is 1.44. The van der Waals surface area contributed by atoms with Gasteiger partial charge in [-0.05, 0) is 37.3 Å². The van der Waals surface area contributed by atoms with Crippen molar-refractivity contribution in [1.29, 1.82) is 0 Å². The fraction of sp³-hybridized carbons (Fsp3) is 0.200. The number of nitrogens with two attached hydrogens (primary N) is 1. The Balaban J connectivity index is 2.20. The van der Waals surface area contributed by atoms with Gasteiger partial charge in [-0.15, -0.1) is 0 Å². The maximum absolute atomic E-state index is 12.9. The third kappa shape index (κ3) is 4.93. The van der Waals surface area contributed by atoms with E-state index in [0.29, 0.717) is 10.2 Å². The molecule has 1 aromatic heterocycles. The van der Waals surface area contributed by atoms with Gasteiger partial charge in [0.15, 0.2) is 4.80 Å². The van der Waals surface area contributed by atoms with Gasteiger partial charge in [-0.2, -0.15) is 4.99 Å². The van der Waals surface area contributed by atoms with Crippen LogP contribution in [-0.2, 0) is 30.8 Å². The highest BCUT2D eigenvalue weighted by molar-refractivity contribution is 7.89. The highest BCUT2D eigenvalue weighted by Gasteiger charge is 2.19. The number of carbonyl (C=O) groups is 3. The van der Waals surface area contributed by atoms with Crippen molar-refractivity contribution >= 4 is 49.4 Å². The van der Waals surface area contributed by atoms with Crippen molar-refractivity contribution in [3.63, 3.8) is 0 Å². The van der Waals surface area contributed by atoms with E-state index in [1.807, 2.05) is 0 Å². The van der Waals surface area contributed by atoms with Crippen LogP contribution in [0, 0.1) is 0 Å². The second-order valence-corrected chi connectivity index (χ2v) is 8.97. The van der Waals surface area contributed by atoms with Gasteiger partial charge in [0.2, 0.25) is 10.0 Å². The summed E-state index contributed by atoms with van der Waals surface area (Å²) in [6.07, 6.45) is 0.